The summed E-state index contributed by atoms with van der Waals surface area (Å²) < 4.78 is 4.03. The molecule has 0 saturated carbocycles. The third kappa shape index (κ3) is 5.13. The van der Waals surface area contributed by atoms with Crippen molar-refractivity contribution in [2.45, 2.75) is 53.6 Å². The molecule has 2 aromatic carbocycles. The number of aryl methyl sites for hydroxylation is 2. The van der Waals surface area contributed by atoms with Crippen molar-refractivity contribution in [3.05, 3.63) is 105 Å². The van der Waals surface area contributed by atoms with Crippen molar-refractivity contribution in [3.63, 3.8) is 0 Å². The van der Waals surface area contributed by atoms with E-state index in [1.165, 1.54) is 5.56 Å². The van der Waals surface area contributed by atoms with Gasteiger partial charge in [0.2, 0.25) is 0 Å². The van der Waals surface area contributed by atoms with Crippen molar-refractivity contribution in [2.75, 3.05) is 6.54 Å². The van der Waals surface area contributed by atoms with Crippen molar-refractivity contribution in [3.8, 4) is 11.4 Å². The second-order valence-electron chi connectivity index (χ2n) is 9.61. The van der Waals surface area contributed by atoms with Gasteiger partial charge in [-0.05, 0) is 38.8 Å². The molecule has 6 heteroatoms. The van der Waals surface area contributed by atoms with E-state index in [2.05, 4.69) is 55.8 Å². The molecule has 1 atom stereocenters. The summed E-state index contributed by atoms with van der Waals surface area (Å²) in [5, 5.41) is 0. The number of hydrogen-bond acceptors (Lipinski definition) is 4. The average molecular weight is 470 g/mol. The number of imidazole rings is 1. The molecule has 0 fully saturated rings. The lowest BCUT2D eigenvalue weighted by Crippen LogP contribution is -2.33. The molecule has 2 aromatic heterocycles. The summed E-state index contributed by atoms with van der Waals surface area (Å²) in [5.41, 5.74) is 11.6. The summed E-state index contributed by atoms with van der Waals surface area (Å²) in [5.74, 6) is 1.78. The Kier molecular flexibility index (Phi) is 7.31. The number of nitrogens with two attached hydrogens (primary N) is 1. The monoisotopic (exact) mass is 469 g/mol. The highest BCUT2D eigenvalue weighted by atomic mass is 16.1. The number of hydrogen-bond donors (Lipinski definition) is 1. The first-order valence-corrected chi connectivity index (χ1v) is 12.3. The first-order chi connectivity index (χ1) is 16.8. The molecular formula is C29H35N5O. The fraction of sp³-hybridized carbons (Fsp3) is 0.345. The topological polar surface area (TPSA) is 78.7 Å². The van der Waals surface area contributed by atoms with Gasteiger partial charge in [-0.15, -0.1) is 0 Å². The Hall–Kier alpha value is -3.51. The first-order valence-electron chi connectivity index (χ1n) is 12.3. The van der Waals surface area contributed by atoms with Crippen LogP contribution in [0.15, 0.2) is 65.6 Å². The average Bonchev–Trinajstić information content (AvgIpc) is 3.24. The van der Waals surface area contributed by atoms with E-state index in [9.17, 15) is 4.79 Å². The minimum absolute atomic E-state index is 0.00110. The zero-order chi connectivity index (χ0) is 25.1. The van der Waals surface area contributed by atoms with Crippen LogP contribution in [0.3, 0.4) is 0 Å². The molecule has 182 valence electrons. The van der Waals surface area contributed by atoms with Gasteiger partial charge in [-0.2, -0.15) is 0 Å². The number of benzene rings is 2. The highest BCUT2D eigenvalue weighted by molar-refractivity contribution is 5.57. The highest BCUT2D eigenvalue weighted by Gasteiger charge is 2.28. The summed E-state index contributed by atoms with van der Waals surface area (Å²) >= 11 is 0. The fourth-order valence-electron chi connectivity index (χ4n) is 4.51. The van der Waals surface area contributed by atoms with Gasteiger partial charge < -0.3 is 10.3 Å². The molecule has 2 heterocycles. The normalized spacial score (nSPS) is 12.3. The van der Waals surface area contributed by atoms with E-state index in [1.807, 2.05) is 48.7 Å². The molecule has 4 rings (SSSR count). The summed E-state index contributed by atoms with van der Waals surface area (Å²) in [7, 11) is 0. The van der Waals surface area contributed by atoms with E-state index in [4.69, 9.17) is 15.7 Å². The Labute approximate surface area is 207 Å². The fourth-order valence-corrected chi connectivity index (χ4v) is 4.51. The number of rotatable bonds is 8. The van der Waals surface area contributed by atoms with E-state index in [1.54, 1.807) is 0 Å². The van der Waals surface area contributed by atoms with Crippen LogP contribution in [0.1, 0.15) is 53.8 Å². The second kappa shape index (κ2) is 10.4. The lowest BCUT2D eigenvalue weighted by atomic mass is 10.0. The molecule has 35 heavy (non-hydrogen) atoms. The molecule has 0 saturated heterocycles. The van der Waals surface area contributed by atoms with Crippen molar-refractivity contribution in [1.29, 1.82) is 0 Å². The maximum Gasteiger partial charge on any atom is 0.257 e. The van der Waals surface area contributed by atoms with Gasteiger partial charge in [0, 0.05) is 29.4 Å². The van der Waals surface area contributed by atoms with Gasteiger partial charge in [-0.1, -0.05) is 74.0 Å². The van der Waals surface area contributed by atoms with Crippen LogP contribution >= 0.6 is 0 Å². The van der Waals surface area contributed by atoms with Gasteiger partial charge in [0.25, 0.3) is 5.56 Å². The molecule has 0 spiro atoms. The molecule has 4 aromatic rings. The first kappa shape index (κ1) is 24.6. The van der Waals surface area contributed by atoms with Gasteiger partial charge in [0.1, 0.15) is 11.6 Å². The molecule has 0 aliphatic heterocycles. The van der Waals surface area contributed by atoms with E-state index in [0.29, 0.717) is 25.1 Å². The molecule has 6 nitrogen and oxygen atoms in total. The Morgan fingerprint density at radius 2 is 1.63 bits per heavy atom. The van der Waals surface area contributed by atoms with Crippen LogP contribution in [-0.4, -0.2) is 25.6 Å². The smallest absolute Gasteiger partial charge is 0.257 e. The SMILES string of the molecule is Cc1ccc(-c2nc(CCN)cn2C(c2nc(C)c(C)c(=O)n2Cc2ccccc2)C(C)C)cc1. The van der Waals surface area contributed by atoms with Gasteiger partial charge >= 0.3 is 0 Å². The Balaban J connectivity index is 1.94. The summed E-state index contributed by atoms with van der Waals surface area (Å²) in [4.78, 5) is 23.5. The highest BCUT2D eigenvalue weighted by Crippen LogP contribution is 2.32. The van der Waals surface area contributed by atoms with Crippen LogP contribution in [0.2, 0.25) is 0 Å². The quantitative estimate of drug-likeness (QED) is 0.401. The van der Waals surface area contributed by atoms with E-state index in [0.717, 1.165) is 34.2 Å². The molecule has 0 amide bonds. The standard InChI is InChI=1S/C29H35N5O/c1-19(2)26(33-18-25(15-16-30)32-27(33)24-13-11-20(3)12-14-24)28-31-22(5)21(4)29(35)34(28)17-23-9-7-6-8-10-23/h6-14,18-19,26H,15-17,30H2,1-5H3. The Bertz CT molecular complexity index is 1350. The van der Waals surface area contributed by atoms with E-state index >= 15 is 0 Å². The minimum Gasteiger partial charge on any atom is -0.330 e. The maximum absolute atomic E-state index is 13.6. The van der Waals surface area contributed by atoms with Crippen LogP contribution in [0.4, 0.5) is 0 Å². The number of nitrogens with zero attached hydrogens (tertiary/aromatic N) is 4. The lowest BCUT2D eigenvalue weighted by molar-refractivity contribution is 0.397. The van der Waals surface area contributed by atoms with Gasteiger partial charge in [-0.3, -0.25) is 9.36 Å². The second-order valence-corrected chi connectivity index (χ2v) is 9.61. The zero-order valence-electron chi connectivity index (χ0n) is 21.3. The van der Waals surface area contributed by atoms with Crippen molar-refractivity contribution >= 4 is 0 Å². The Morgan fingerprint density at radius 1 is 0.943 bits per heavy atom. The third-order valence-corrected chi connectivity index (χ3v) is 6.54. The minimum atomic E-state index is -0.180. The predicted molar refractivity (Wildman–Crippen MR) is 142 cm³/mol. The van der Waals surface area contributed by atoms with Crippen molar-refractivity contribution < 1.29 is 0 Å². The van der Waals surface area contributed by atoms with Crippen LogP contribution in [0.5, 0.6) is 0 Å². The molecule has 1 unspecified atom stereocenters. The van der Waals surface area contributed by atoms with Crippen LogP contribution in [0, 0.1) is 26.7 Å². The largest absolute Gasteiger partial charge is 0.330 e. The van der Waals surface area contributed by atoms with Gasteiger partial charge in [-0.25, -0.2) is 9.97 Å². The van der Waals surface area contributed by atoms with Crippen molar-refractivity contribution in [2.24, 2.45) is 11.7 Å². The molecule has 0 radical (unpaired) electrons. The van der Waals surface area contributed by atoms with Gasteiger partial charge in [0.15, 0.2) is 0 Å². The predicted octanol–water partition coefficient (Wildman–Crippen LogP) is 4.83. The van der Waals surface area contributed by atoms with Crippen LogP contribution in [-0.2, 0) is 13.0 Å². The van der Waals surface area contributed by atoms with Crippen molar-refractivity contribution in [1.82, 2.24) is 19.1 Å². The third-order valence-electron chi connectivity index (χ3n) is 6.54. The maximum atomic E-state index is 13.6. The zero-order valence-corrected chi connectivity index (χ0v) is 21.3. The van der Waals surface area contributed by atoms with Crippen LogP contribution < -0.4 is 11.3 Å². The van der Waals surface area contributed by atoms with Crippen LogP contribution in [0.25, 0.3) is 11.4 Å². The summed E-state index contributed by atoms with van der Waals surface area (Å²) in [6.07, 6.45) is 2.77. The lowest BCUT2D eigenvalue weighted by Gasteiger charge is -2.27. The van der Waals surface area contributed by atoms with Gasteiger partial charge in [0.05, 0.1) is 18.3 Å². The molecular weight excluding hydrogens is 434 g/mol. The Morgan fingerprint density at radius 3 is 2.26 bits per heavy atom. The summed E-state index contributed by atoms with van der Waals surface area (Å²) in [6, 6.07) is 18.3. The molecule has 0 aliphatic carbocycles. The molecule has 0 bridgehead atoms. The number of aromatic nitrogens is 4. The molecule has 2 N–H and O–H groups in total. The summed E-state index contributed by atoms with van der Waals surface area (Å²) in [6.45, 7) is 11.2. The molecule has 0 aliphatic rings. The van der Waals surface area contributed by atoms with E-state index < -0.39 is 0 Å². The van der Waals surface area contributed by atoms with E-state index in [-0.39, 0.29) is 17.5 Å².